The molecule has 0 bridgehead atoms. The molecule has 0 nitrogen and oxygen atoms in total. The van der Waals surface area contributed by atoms with Crippen molar-refractivity contribution in [3.05, 3.63) is 34.9 Å². The predicted molar refractivity (Wildman–Crippen MR) is 43.1 cm³/mol. The normalized spacial score (nSPS) is 9.80. The van der Waals surface area contributed by atoms with E-state index in [4.69, 9.17) is 11.6 Å². The molecular formula is C9H9Cl. The molecule has 0 atom stereocenters. The van der Waals surface area contributed by atoms with E-state index >= 15 is 0 Å². The number of rotatable bonds is 2. The fourth-order valence-corrected chi connectivity index (χ4v) is 1.04. The van der Waals surface area contributed by atoms with Crippen LogP contribution in [0.3, 0.4) is 0 Å². The molecular weight excluding hydrogens is 144 g/mol. The van der Waals surface area contributed by atoms with Gasteiger partial charge in [0.1, 0.15) is 0 Å². The second kappa shape index (κ2) is 3.62. The quantitative estimate of drug-likeness (QED) is 0.612. The molecule has 1 aromatic rings. The lowest BCUT2D eigenvalue weighted by Gasteiger charge is -1.98. The van der Waals surface area contributed by atoms with Gasteiger partial charge in [0.25, 0.3) is 0 Å². The molecule has 0 aromatic heterocycles. The van der Waals surface area contributed by atoms with Crippen LogP contribution in [-0.2, 0) is 6.42 Å². The zero-order valence-corrected chi connectivity index (χ0v) is 6.70. The zero-order chi connectivity index (χ0) is 7.40. The van der Waals surface area contributed by atoms with E-state index in [0.717, 1.165) is 23.4 Å². The third kappa shape index (κ3) is 1.74. The lowest BCUT2D eigenvalue weighted by molar-refractivity contribution is 0.920. The van der Waals surface area contributed by atoms with Gasteiger partial charge in [-0.15, -0.1) is 0 Å². The summed E-state index contributed by atoms with van der Waals surface area (Å²) in [6.07, 6.45) is 2.10. The number of hydrogen-bond donors (Lipinski definition) is 0. The van der Waals surface area contributed by atoms with Crippen LogP contribution in [-0.4, -0.2) is 0 Å². The molecule has 0 unspecified atom stereocenters. The lowest BCUT2D eigenvalue weighted by Crippen LogP contribution is -1.83. The molecule has 0 spiro atoms. The minimum atomic E-state index is 0.806. The molecule has 0 aliphatic carbocycles. The molecule has 1 aromatic carbocycles. The van der Waals surface area contributed by atoms with Gasteiger partial charge in [-0.3, -0.25) is 0 Å². The van der Waals surface area contributed by atoms with Crippen molar-refractivity contribution in [2.75, 3.05) is 0 Å². The van der Waals surface area contributed by atoms with Crippen LogP contribution >= 0.6 is 11.6 Å². The van der Waals surface area contributed by atoms with Crippen molar-refractivity contribution in [3.63, 3.8) is 0 Å². The van der Waals surface area contributed by atoms with Crippen molar-refractivity contribution >= 4 is 11.6 Å². The molecule has 1 heteroatoms. The molecule has 0 aliphatic rings. The molecule has 0 aliphatic heterocycles. The molecule has 0 fully saturated rings. The maximum atomic E-state index is 5.85. The predicted octanol–water partition coefficient (Wildman–Crippen LogP) is 2.89. The Kier molecular flexibility index (Phi) is 2.76. The van der Waals surface area contributed by atoms with E-state index < -0.39 is 0 Å². The smallest absolute Gasteiger partial charge is 0.0444 e. The fourth-order valence-electron chi connectivity index (χ4n) is 0.836. The van der Waals surface area contributed by atoms with E-state index in [9.17, 15) is 0 Å². The van der Waals surface area contributed by atoms with Crippen molar-refractivity contribution < 1.29 is 0 Å². The largest absolute Gasteiger partial charge is 0.0840 e. The van der Waals surface area contributed by atoms with Crippen molar-refractivity contribution in [1.82, 2.24) is 0 Å². The summed E-state index contributed by atoms with van der Waals surface area (Å²) in [6.45, 7) is 2.12. The van der Waals surface area contributed by atoms with Gasteiger partial charge < -0.3 is 0 Å². The standard InChI is InChI=1S/C9H9Cl/c1-2-5-8-6-3-4-7-9(8)10/h4,7H,2,5H2,1H3. The van der Waals surface area contributed by atoms with Gasteiger partial charge in [0, 0.05) is 5.02 Å². The van der Waals surface area contributed by atoms with E-state index in [0.29, 0.717) is 0 Å². The van der Waals surface area contributed by atoms with Gasteiger partial charge in [-0.05, 0) is 30.2 Å². The minimum Gasteiger partial charge on any atom is -0.0840 e. The fraction of sp³-hybridized carbons (Fsp3) is 0.333. The summed E-state index contributed by atoms with van der Waals surface area (Å²) in [5.74, 6) is 0. The summed E-state index contributed by atoms with van der Waals surface area (Å²) >= 11 is 5.85. The molecule has 0 amide bonds. The van der Waals surface area contributed by atoms with Gasteiger partial charge >= 0.3 is 0 Å². The van der Waals surface area contributed by atoms with E-state index in [1.54, 1.807) is 6.07 Å². The highest BCUT2D eigenvalue weighted by molar-refractivity contribution is 6.31. The van der Waals surface area contributed by atoms with Gasteiger partial charge in [0.2, 0.25) is 0 Å². The van der Waals surface area contributed by atoms with E-state index in [1.165, 1.54) is 0 Å². The maximum absolute atomic E-state index is 5.85. The topological polar surface area (TPSA) is 0 Å². The van der Waals surface area contributed by atoms with Crippen molar-refractivity contribution in [2.24, 2.45) is 0 Å². The summed E-state index contributed by atoms with van der Waals surface area (Å²) in [5, 5.41) is 0.806. The third-order valence-electron chi connectivity index (χ3n) is 1.32. The molecule has 10 heavy (non-hydrogen) atoms. The summed E-state index contributed by atoms with van der Waals surface area (Å²) in [7, 11) is 0. The van der Waals surface area contributed by atoms with Crippen LogP contribution in [0.2, 0.25) is 5.02 Å². The van der Waals surface area contributed by atoms with Crippen LogP contribution in [0.5, 0.6) is 0 Å². The van der Waals surface area contributed by atoms with E-state index in [-0.39, 0.29) is 0 Å². The van der Waals surface area contributed by atoms with Gasteiger partial charge in [0.15, 0.2) is 0 Å². The number of halogens is 1. The Hall–Kier alpha value is -0.490. The van der Waals surface area contributed by atoms with Crippen LogP contribution in [0.4, 0.5) is 0 Å². The molecule has 2 radical (unpaired) electrons. The first-order chi connectivity index (χ1) is 4.84. The number of hydrogen-bond acceptors (Lipinski definition) is 0. The molecule has 0 saturated heterocycles. The Morgan fingerprint density at radius 3 is 3.00 bits per heavy atom. The Bertz CT molecular complexity index is 206. The van der Waals surface area contributed by atoms with E-state index in [2.05, 4.69) is 19.1 Å². The summed E-state index contributed by atoms with van der Waals surface area (Å²) in [5.41, 5.74) is 1.08. The van der Waals surface area contributed by atoms with Crippen molar-refractivity contribution in [2.45, 2.75) is 19.8 Å². The number of benzene rings is 1. The number of aryl methyl sites for hydroxylation is 1. The first-order valence-electron chi connectivity index (χ1n) is 3.41. The Balaban J connectivity index is 2.81. The Labute approximate surface area is 66.8 Å². The first-order valence-corrected chi connectivity index (χ1v) is 3.79. The zero-order valence-electron chi connectivity index (χ0n) is 5.95. The third-order valence-corrected chi connectivity index (χ3v) is 1.68. The summed E-state index contributed by atoms with van der Waals surface area (Å²) in [4.78, 5) is 0. The second-order valence-corrected chi connectivity index (χ2v) is 2.59. The van der Waals surface area contributed by atoms with Gasteiger partial charge in [-0.1, -0.05) is 31.0 Å². The average Bonchev–Trinajstić information content (AvgIpc) is 1.94. The summed E-state index contributed by atoms with van der Waals surface area (Å²) < 4.78 is 0. The molecule has 0 heterocycles. The van der Waals surface area contributed by atoms with Gasteiger partial charge in [-0.2, -0.15) is 0 Å². The van der Waals surface area contributed by atoms with Crippen LogP contribution in [0, 0.1) is 12.1 Å². The summed E-state index contributed by atoms with van der Waals surface area (Å²) in [6, 6.07) is 9.49. The van der Waals surface area contributed by atoms with Crippen molar-refractivity contribution in [3.8, 4) is 0 Å². The van der Waals surface area contributed by atoms with Gasteiger partial charge in [0.05, 0.1) is 0 Å². The molecule has 52 valence electrons. The molecule has 0 saturated carbocycles. The lowest BCUT2D eigenvalue weighted by atomic mass is 10.1. The molecule has 0 N–H and O–H groups in total. The van der Waals surface area contributed by atoms with Crippen LogP contribution in [0.1, 0.15) is 18.9 Å². The molecule has 1 rings (SSSR count). The average molecular weight is 153 g/mol. The highest BCUT2D eigenvalue weighted by atomic mass is 35.5. The van der Waals surface area contributed by atoms with E-state index in [1.807, 2.05) is 6.07 Å². The Morgan fingerprint density at radius 1 is 1.60 bits per heavy atom. The van der Waals surface area contributed by atoms with Crippen LogP contribution in [0.25, 0.3) is 0 Å². The second-order valence-electron chi connectivity index (χ2n) is 2.18. The minimum absolute atomic E-state index is 0.806. The first kappa shape index (κ1) is 7.62. The SMILES string of the molecule is CCCc1[c][c]ccc1Cl. The highest BCUT2D eigenvalue weighted by Gasteiger charge is 1.95. The maximum Gasteiger partial charge on any atom is 0.0444 e. The Morgan fingerprint density at radius 2 is 2.40 bits per heavy atom. The van der Waals surface area contributed by atoms with Crippen LogP contribution < -0.4 is 0 Å². The monoisotopic (exact) mass is 152 g/mol. The highest BCUT2D eigenvalue weighted by Crippen LogP contribution is 2.14. The van der Waals surface area contributed by atoms with Gasteiger partial charge in [-0.25, -0.2) is 0 Å². The van der Waals surface area contributed by atoms with Crippen LogP contribution in [0.15, 0.2) is 12.1 Å². The van der Waals surface area contributed by atoms with Crippen molar-refractivity contribution in [1.29, 1.82) is 0 Å².